The molecule has 0 aliphatic carbocycles. The van der Waals surface area contributed by atoms with Crippen LogP contribution < -0.4 is 4.90 Å². The lowest BCUT2D eigenvalue weighted by molar-refractivity contribution is 0.112. The zero-order valence-electron chi connectivity index (χ0n) is 9.14. The van der Waals surface area contributed by atoms with Crippen molar-refractivity contribution in [3.63, 3.8) is 0 Å². The average molecular weight is 252 g/mol. The molecular formula is C11H12N2OS2. The summed E-state index contributed by atoms with van der Waals surface area (Å²) in [5.41, 5.74) is 2.08. The van der Waals surface area contributed by atoms with Crippen LogP contribution in [-0.4, -0.2) is 18.3 Å². The van der Waals surface area contributed by atoms with Gasteiger partial charge in [0.05, 0.1) is 10.6 Å². The second kappa shape index (κ2) is 4.76. The number of thiazole rings is 1. The van der Waals surface area contributed by atoms with Crippen LogP contribution in [0.15, 0.2) is 16.8 Å². The van der Waals surface area contributed by atoms with Crippen LogP contribution in [0.2, 0.25) is 0 Å². The van der Waals surface area contributed by atoms with Crippen molar-refractivity contribution < 1.29 is 4.79 Å². The summed E-state index contributed by atoms with van der Waals surface area (Å²) >= 11 is 3.13. The monoisotopic (exact) mass is 252 g/mol. The number of aldehydes is 1. The molecule has 0 N–H and O–H groups in total. The zero-order chi connectivity index (χ0) is 11.5. The van der Waals surface area contributed by atoms with Gasteiger partial charge >= 0.3 is 0 Å². The Morgan fingerprint density at radius 3 is 2.94 bits per heavy atom. The lowest BCUT2D eigenvalue weighted by atomic mass is 10.3. The van der Waals surface area contributed by atoms with Crippen molar-refractivity contribution in [2.75, 3.05) is 11.9 Å². The Kier molecular flexibility index (Phi) is 3.36. The summed E-state index contributed by atoms with van der Waals surface area (Å²) in [4.78, 5) is 17.9. The Morgan fingerprint density at radius 1 is 1.56 bits per heavy atom. The number of hydrogen-bond acceptors (Lipinski definition) is 5. The van der Waals surface area contributed by atoms with Crippen molar-refractivity contribution in [3.05, 3.63) is 33.0 Å². The minimum absolute atomic E-state index is 0.715. The third kappa shape index (κ3) is 2.31. The first-order chi connectivity index (χ1) is 7.70. The molecule has 2 aromatic heterocycles. The fourth-order valence-electron chi connectivity index (χ4n) is 1.39. The Morgan fingerprint density at radius 2 is 2.38 bits per heavy atom. The number of nitrogens with zero attached hydrogens (tertiary/aromatic N) is 2. The quantitative estimate of drug-likeness (QED) is 0.784. The van der Waals surface area contributed by atoms with E-state index in [0.29, 0.717) is 4.88 Å². The molecule has 0 unspecified atom stereocenters. The highest BCUT2D eigenvalue weighted by Gasteiger charge is 2.10. The SMILES string of the molecule is Cc1nc(N(C)Cc2ccsc2)sc1C=O. The van der Waals surface area contributed by atoms with Crippen LogP contribution in [0.4, 0.5) is 5.13 Å². The van der Waals surface area contributed by atoms with Crippen molar-refractivity contribution in [2.45, 2.75) is 13.5 Å². The van der Waals surface area contributed by atoms with Gasteiger partial charge < -0.3 is 4.90 Å². The van der Waals surface area contributed by atoms with Gasteiger partial charge in [0.1, 0.15) is 0 Å². The van der Waals surface area contributed by atoms with Crippen molar-refractivity contribution in [1.29, 1.82) is 0 Å². The topological polar surface area (TPSA) is 33.2 Å². The summed E-state index contributed by atoms with van der Waals surface area (Å²) in [5, 5.41) is 5.08. The first-order valence-corrected chi connectivity index (χ1v) is 6.61. The van der Waals surface area contributed by atoms with E-state index in [1.807, 2.05) is 14.0 Å². The van der Waals surface area contributed by atoms with E-state index in [-0.39, 0.29) is 0 Å². The van der Waals surface area contributed by atoms with Crippen LogP contribution in [0, 0.1) is 6.92 Å². The second-order valence-corrected chi connectivity index (χ2v) is 5.34. The number of carbonyl (C=O) groups is 1. The fraction of sp³-hybridized carbons (Fsp3) is 0.273. The van der Waals surface area contributed by atoms with Gasteiger partial charge in [-0.1, -0.05) is 11.3 Å². The molecule has 0 aliphatic heterocycles. The molecule has 0 saturated carbocycles. The third-order valence-corrected chi connectivity index (χ3v) is 4.18. The number of aromatic nitrogens is 1. The minimum Gasteiger partial charge on any atom is -0.347 e. The molecule has 0 radical (unpaired) electrons. The van der Waals surface area contributed by atoms with Crippen LogP contribution in [0.3, 0.4) is 0 Å². The standard InChI is InChI=1S/C11H12N2OS2/c1-8-10(6-14)16-11(12-8)13(2)5-9-3-4-15-7-9/h3-4,6-7H,5H2,1-2H3. The number of aryl methyl sites for hydroxylation is 1. The zero-order valence-corrected chi connectivity index (χ0v) is 10.8. The highest BCUT2D eigenvalue weighted by atomic mass is 32.1. The molecule has 0 fully saturated rings. The van der Waals surface area contributed by atoms with E-state index in [2.05, 4.69) is 26.7 Å². The van der Waals surface area contributed by atoms with Gasteiger partial charge in [-0.05, 0) is 29.3 Å². The Hall–Kier alpha value is -1.20. The molecular weight excluding hydrogens is 240 g/mol. The molecule has 0 atom stereocenters. The summed E-state index contributed by atoms with van der Waals surface area (Å²) < 4.78 is 0. The molecule has 2 aromatic rings. The maximum atomic E-state index is 10.7. The van der Waals surface area contributed by atoms with Crippen LogP contribution in [-0.2, 0) is 6.54 Å². The van der Waals surface area contributed by atoms with Gasteiger partial charge in [-0.2, -0.15) is 11.3 Å². The summed E-state index contributed by atoms with van der Waals surface area (Å²) in [7, 11) is 1.99. The normalized spacial score (nSPS) is 10.4. The molecule has 5 heteroatoms. The van der Waals surface area contributed by atoms with E-state index in [9.17, 15) is 4.79 Å². The van der Waals surface area contributed by atoms with Crippen molar-refractivity contribution >= 4 is 34.1 Å². The summed E-state index contributed by atoms with van der Waals surface area (Å²) in [5.74, 6) is 0. The molecule has 2 rings (SSSR count). The van der Waals surface area contributed by atoms with E-state index in [4.69, 9.17) is 0 Å². The van der Waals surface area contributed by atoms with Crippen LogP contribution in [0.5, 0.6) is 0 Å². The number of carbonyl (C=O) groups excluding carboxylic acids is 1. The largest absolute Gasteiger partial charge is 0.347 e. The number of anilines is 1. The lowest BCUT2D eigenvalue weighted by Gasteiger charge is -2.14. The molecule has 0 aliphatic rings. The summed E-state index contributed by atoms with van der Waals surface area (Å²) in [6.07, 6.45) is 0.870. The molecule has 0 aromatic carbocycles. The van der Waals surface area contributed by atoms with Crippen molar-refractivity contribution in [1.82, 2.24) is 4.98 Å². The Labute approximate surface area is 102 Å². The number of thiophene rings is 1. The van der Waals surface area contributed by atoms with Crippen LogP contribution >= 0.6 is 22.7 Å². The average Bonchev–Trinajstić information content (AvgIpc) is 2.87. The third-order valence-electron chi connectivity index (χ3n) is 2.25. The molecule has 16 heavy (non-hydrogen) atoms. The minimum atomic E-state index is 0.715. The van der Waals surface area contributed by atoms with Crippen LogP contribution in [0.25, 0.3) is 0 Å². The first kappa shape index (κ1) is 11.3. The maximum Gasteiger partial charge on any atom is 0.186 e. The predicted molar refractivity (Wildman–Crippen MR) is 68.7 cm³/mol. The van der Waals surface area contributed by atoms with Gasteiger partial charge in [0.25, 0.3) is 0 Å². The van der Waals surface area contributed by atoms with Gasteiger partial charge in [0.15, 0.2) is 11.4 Å². The van der Waals surface area contributed by atoms with Gasteiger partial charge in [-0.15, -0.1) is 0 Å². The predicted octanol–water partition coefficient (Wildman–Crippen LogP) is 2.96. The maximum absolute atomic E-state index is 10.7. The van der Waals surface area contributed by atoms with E-state index in [1.54, 1.807) is 11.3 Å². The van der Waals surface area contributed by atoms with E-state index in [1.165, 1.54) is 16.9 Å². The number of hydrogen-bond donors (Lipinski definition) is 0. The van der Waals surface area contributed by atoms with Gasteiger partial charge in [-0.25, -0.2) is 4.98 Å². The molecule has 0 amide bonds. The van der Waals surface area contributed by atoms with Crippen LogP contribution in [0.1, 0.15) is 20.9 Å². The molecule has 0 spiro atoms. The summed E-state index contributed by atoms with van der Waals surface area (Å²) in [6, 6.07) is 2.10. The highest BCUT2D eigenvalue weighted by Crippen LogP contribution is 2.25. The summed E-state index contributed by atoms with van der Waals surface area (Å²) in [6.45, 7) is 2.69. The molecule has 2 heterocycles. The van der Waals surface area contributed by atoms with Crippen molar-refractivity contribution in [2.24, 2.45) is 0 Å². The first-order valence-electron chi connectivity index (χ1n) is 4.85. The van der Waals surface area contributed by atoms with Crippen molar-refractivity contribution in [3.8, 4) is 0 Å². The van der Waals surface area contributed by atoms with E-state index in [0.717, 1.165) is 23.7 Å². The molecule has 84 valence electrons. The highest BCUT2D eigenvalue weighted by molar-refractivity contribution is 7.17. The molecule has 0 bridgehead atoms. The molecule has 0 saturated heterocycles. The van der Waals surface area contributed by atoms with Gasteiger partial charge in [0, 0.05) is 13.6 Å². The Balaban J connectivity index is 2.14. The molecule has 3 nitrogen and oxygen atoms in total. The lowest BCUT2D eigenvalue weighted by Crippen LogP contribution is -2.15. The van der Waals surface area contributed by atoms with Gasteiger partial charge in [0.2, 0.25) is 0 Å². The Bertz CT molecular complexity index is 476. The van der Waals surface area contributed by atoms with E-state index < -0.39 is 0 Å². The van der Waals surface area contributed by atoms with Gasteiger partial charge in [-0.3, -0.25) is 4.79 Å². The smallest absolute Gasteiger partial charge is 0.186 e. The number of rotatable bonds is 4. The fourth-order valence-corrected chi connectivity index (χ4v) is 2.89. The second-order valence-electron chi connectivity index (χ2n) is 3.55. The van der Waals surface area contributed by atoms with E-state index >= 15 is 0 Å².